The number of fused-ring (bicyclic) bond motifs is 1. The second-order valence-electron chi connectivity index (χ2n) is 5.24. The molecule has 1 aromatic carbocycles. The van der Waals surface area contributed by atoms with Crippen LogP contribution in [0.5, 0.6) is 11.5 Å². The first kappa shape index (κ1) is 12.5. The van der Waals surface area contributed by atoms with Crippen molar-refractivity contribution in [1.82, 2.24) is 5.32 Å². The first-order valence-electron chi connectivity index (χ1n) is 7.08. The van der Waals surface area contributed by atoms with E-state index >= 15 is 0 Å². The molecule has 3 heteroatoms. The molecule has 102 valence electrons. The van der Waals surface area contributed by atoms with Crippen LogP contribution in [0, 0.1) is 0 Å². The maximum absolute atomic E-state index is 5.73. The van der Waals surface area contributed by atoms with Crippen molar-refractivity contribution in [2.75, 3.05) is 13.7 Å². The molecule has 2 atom stereocenters. The summed E-state index contributed by atoms with van der Waals surface area (Å²) in [6.07, 6.45) is 9.14. The molecule has 0 bridgehead atoms. The van der Waals surface area contributed by atoms with E-state index in [0.717, 1.165) is 30.9 Å². The standard InChI is InChI=1S/C16H21NO2/c1-18-13-7-8-16-14(11-13)15(9-10-19-16)17-12-5-3-2-4-6-12/h2-3,7-8,11-12,15,17H,4-6,9-10H2,1H3. The normalized spacial score (nSPS) is 25.5. The van der Waals surface area contributed by atoms with Crippen LogP contribution < -0.4 is 14.8 Å². The van der Waals surface area contributed by atoms with E-state index in [4.69, 9.17) is 9.47 Å². The van der Waals surface area contributed by atoms with Crippen LogP contribution in [-0.4, -0.2) is 19.8 Å². The third kappa shape index (κ3) is 2.76. The second kappa shape index (κ2) is 5.66. The van der Waals surface area contributed by atoms with E-state index in [1.165, 1.54) is 18.4 Å². The van der Waals surface area contributed by atoms with E-state index in [-0.39, 0.29) is 0 Å². The van der Waals surface area contributed by atoms with Gasteiger partial charge in [-0.2, -0.15) is 0 Å². The zero-order chi connectivity index (χ0) is 13.1. The third-order valence-corrected chi connectivity index (χ3v) is 3.96. The molecule has 0 spiro atoms. The fourth-order valence-corrected chi connectivity index (χ4v) is 2.90. The average Bonchev–Trinajstić information content (AvgIpc) is 2.48. The Hall–Kier alpha value is -1.48. The van der Waals surface area contributed by atoms with Crippen LogP contribution in [-0.2, 0) is 0 Å². The van der Waals surface area contributed by atoms with Gasteiger partial charge in [0.25, 0.3) is 0 Å². The molecule has 19 heavy (non-hydrogen) atoms. The molecule has 0 amide bonds. The van der Waals surface area contributed by atoms with Gasteiger partial charge in [-0.15, -0.1) is 0 Å². The molecular formula is C16H21NO2. The molecule has 1 aromatic rings. The number of hydrogen-bond acceptors (Lipinski definition) is 3. The summed E-state index contributed by atoms with van der Waals surface area (Å²) in [6.45, 7) is 0.791. The first-order chi connectivity index (χ1) is 9.36. The van der Waals surface area contributed by atoms with Crippen LogP contribution in [0.4, 0.5) is 0 Å². The minimum absolute atomic E-state index is 0.385. The Bertz CT molecular complexity index is 470. The molecule has 0 saturated carbocycles. The lowest BCUT2D eigenvalue weighted by atomic mass is 9.96. The van der Waals surface area contributed by atoms with Crippen molar-refractivity contribution in [3.05, 3.63) is 35.9 Å². The molecule has 1 heterocycles. The van der Waals surface area contributed by atoms with Crippen molar-refractivity contribution in [2.45, 2.75) is 37.8 Å². The van der Waals surface area contributed by atoms with Crippen LogP contribution in [0.15, 0.2) is 30.4 Å². The van der Waals surface area contributed by atoms with Crippen molar-refractivity contribution >= 4 is 0 Å². The van der Waals surface area contributed by atoms with E-state index in [1.54, 1.807) is 7.11 Å². The highest BCUT2D eigenvalue weighted by molar-refractivity contribution is 5.43. The van der Waals surface area contributed by atoms with Gasteiger partial charge in [-0.3, -0.25) is 0 Å². The molecule has 3 rings (SSSR count). The fraction of sp³-hybridized carbons (Fsp3) is 0.500. The number of nitrogens with one attached hydrogen (secondary N) is 1. The minimum Gasteiger partial charge on any atom is -0.497 e. The van der Waals surface area contributed by atoms with Gasteiger partial charge in [0.05, 0.1) is 13.7 Å². The highest BCUT2D eigenvalue weighted by Crippen LogP contribution is 2.35. The number of methoxy groups -OCH3 is 1. The number of ether oxygens (including phenoxy) is 2. The van der Waals surface area contributed by atoms with Gasteiger partial charge in [-0.25, -0.2) is 0 Å². The summed E-state index contributed by atoms with van der Waals surface area (Å²) in [7, 11) is 1.71. The number of rotatable bonds is 3. The maximum Gasteiger partial charge on any atom is 0.124 e. The average molecular weight is 259 g/mol. The van der Waals surface area contributed by atoms with Crippen molar-refractivity contribution < 1.29 is 9.47 Å². The Balaban J connectivity index is 1.78. The predicted octanol–water partition coefficient (Wildman–Crippen LogP) is 3.22. The summed E-state index contributed by atoms with van der Waals surface area (Å²) in [5.74, 6) is 1.90. The Morgan fingerprint density at radius 2 is 2.21 bits per heavy atom. The summed E-state index contributed by atoms with van der Waals surface area (Å²) < 4.78 is 11.1. The van der Waals surface area contributed by atoms with Crippen molar-refractivity contribution in [3.8, 4) is 11.5 Å². The second-order valence-corrected chi connectivity index (χ2v) is 5.24. The highest BCUT2D eigenvalue weighted by atomic mass is 16.5. The Labute approximate surface area is 114 Å². The van der Waals surface area contributed by atoms with Gasteiger partial charge in [0.1, 0.15) is 11.5 Å². The van der Waals surface area contributed by atoms with Gasteiger partial charge in [0.15, 0.2) is 0 Å². The van der Waals surface area contributed by atoms with Gasteiger partial charge in [0.2, 0.25) is 0 Å². The van der Waals surface area contributed by atoms with Crippen LogP contribution in [0.1, 0.15) is 37.3 Å². The first-order valence-corrected chi connectivity index (χ1v) is 7.08. The van der Waals surface area contributed by atoms with Gasteiger partial charge in [-0.05, 0) is 37.5 Å². The molecule has 0 fully saturated rings. The van der Waals surface area contributed by atoms with Gasteiger partial charge in [-0.1, -0.05) is 12.2 Å². The number of hydrogen-bond donors (Lipinski definition) is 1. The largest absolute Gasteiger partial charge is 0.497 e. The molecule has 1 N–H and O–H groups in total. The smallest absolute Gasteiger partial charge is 0.124 e. The lowest BCUT2D eigenvalue weighted by Gasteiger charge is -2.31. The van der Waals surface area contributed by atoms with Crippen LogP contribution in [0.3, 0.4) is 0 Å². The van der Waals surface area contributed by atoms with E-state index in [9.17, 15) is 0 Å². The number of benzene rings is 1. The van der Waals surface area contributed by atoms with Crippen LogP contribution >= 0.6 is 0 Å². The molecule has 1 aliphatic carbocycles. The summed E-state index contributed by atoms with van der Waals surface area (Å²) >= 11 is 0. The van der Waals surface area contributed by atoms with Crippen LogP contribution in [0.25, 0.3) is 0 Å². The fourth-order valence-electron chi connectivity index (χ4n) is 2.90. The molecule has 0 saturated heterocycles. The molecule has 0 aromatic heterocycles. The Kier molecular flexibility index (Phi) is 3.74. The molecule has 2 aliphatic rings. The SMILES string of the molecule is COc1ccc2c(c1)C(NC1CC=CCC1)CCO2. The lowest BCUT2D eigenvalue weighted by molar-refractivity contribution is 0.240. The Morgan fingerprint density at radius 1 is 1.26 bits per heavy atom. The maximum atomic E-state index is 5.73. The van der Waals surface area contributed by atoms with Crippen molar-refractivity contribution in [3.63, 3.8) is 0 Å². The van der Waals surface area contributed by atoms with Gasteiger partial charge >= 0.3 is 0 Å². The van der Waals surface area contributed by atoms with Crippen LogP contribution in [0.2, 0.25) is 0 Å². The summed E-state index contributed by atoms with van der Waals surface area (Å²) in [6, 6.07) is 7.06. The van der Waals surface area contributed by atoms with E-state index in [2.05, 4.69) is 23.5 Å². The van der Waals surface area contributed by atoms with Gasteiger partial charge < -0.3 is 14.8 Å². The van der Waals surface area contributed by atoms with E-state index < -0.39 is 0 Å². The molecule has 2 unspecified atom stereocenters. The lowest BCUT2D eigenvalue weighted by Crippen LogP contribution is -2.36. The van der Waals surface area contributed by atoms with Gasteiger partial charge in [0, 0.05) is 24.1 Å². The monoisotopic (exact) mass is 259 g/mol. The summed E-state index contributed by atoms with van der Waals surface area (Å²) in [5.41, 5.74) is 1.24. The molecular weight excluding hydrogens is 238 g/mol. The predicted molar refractivity (Wildman–Crippen MR) is 75.8 cm³/mol. The zero-order valence-electron chi connectivity index (χ0n) is 11.4. The zero-order valence-corrected chi connectivity index (χ0v) is 11.4. The molecule has 0 radical (unpaired) electrons. The molecule has 1 aliphatic heterocycles. The molecule has 3 nitrogen and oxygen atoms in total. The topological polar surface area (TPSA) is 30.5 Å². The quantitative estimate of drug-likeness (QED) is 0.845. The van der Waals surface area contributed by atoms with E-state index in [0.29, 0.717) is 12.1 Å². The summed E-state index contributed by atoms with van der Waals surface area (Å²) in [5, 5.41) is 3.78. The van der Waals surface area contributed by atoms with Crippen molar-refractivity contribution in [1.29, 1.82) is 0 Å². The minimum atomic E-state index is 0.385. The third-order valence-electron chi connectivity index (χ3n) is 3.96. The van der Waals surface area contributed by atoms with Crippen molar-refractivity contribution in [2.24, 2.45) is 0 Å². The van der Waals surface area contributed by atoms with E-state index in [1.807, 2.05) is 12.1 Å². The number of allylic oxidation sites excluding steroid dienone is 1. The summed E-state index contributed by atoms with van der Waals surface area (Å²) in [4.78, 5) is 0. The Morgan fingerprint density at radius 3 is 3.00 bits per heavy atom. The highest BCUT2D eigenvalue weighted by Gasteiger charge is 2.24.